The highest BCUT2D eigenvalue weighted by molar-refractivity contribution is 5.90. The Hall–Kier alpha value is -1.86. The molecule has 0 aromatic carbocycles. The van der Waals surface area contributed by atoms with Crippen LogP contribution in [0.2, 0.25) is 0 Å². The molecule has 7 heteroatoms. The number of hydrogen-bond donors (Lipinski definition) is 2. The van der Waals surface area contributed by atoms with Crippen LogP contribution in [0.15, 0.2) is 18.3 Å². The van der Waals surface area contributed by atoms with E-state index in [1.807, 2.05) is 6.92 Å². The summed E-state index contributed by atoms with van der Waals surface area (Å²) in [7, 11) is 1.52. The Bertz CT molecular complexity index is 463. The molecule has 1 fully saturated rings. The topological polar surface area (TPSA) is 75.7 Å². The van der Waals surface area contributed by atoms with Crippen molar-refractivity contribution in [2.45, 2.75) is 13.0 Å². The Morgan fingerprint density at radius 2 is 2.29 bits per heavy atom. The highest BCUT2D eigenvalue weighted by atomic mass is 16.5. The van der Waals surface area contributed by atoms with Crippen LogP contribution in [-0.4, -0.2) is 61.9 Å². The number of aromatic nitrogens is 1. The van der Waals surface area contributed by atoms with Crippen molar-refractivity contribution in [2.75, 3.05) is 45.3 Å². The Labute approximate surface area is 124 Å². The zero-order valence-electron chi connectivity index (χ0n) is 12.5. The molecule has 0 spiro atoms. The maximum Gasteiger partial charge on any atom is 0.319 e. The fraction of sp³-hybridized carbons (Fsp3) is 0.571. The maximum atomic E-state index is 12.0. The van der Waals surface area contributed by atoms with Crippen molar-refractivity contribution in [2.24, 2.45) is 0 Å². The highest BCUT2D eigenvalue weighted by Crippen LogP contribution is 2.19. The van der Waals surface area contributed by atoms with Gasteiger partial charge >= 0.3 is 6.03 Å². The second kappa shape index (κ2) is 7.80. The van der Waals surface area contributed by atoms with Gasteiger partial charge < -0.3 is 20.1 Å². The summed E-state index contributed by atoms with van der Waals surface area (Å²) >= 11 is 0. The van der Waals surface area contributed by atoms with Crippen LogP contribution < -0.4 is 15.4 Å². The summed E-state index contributed by atoms with van der Waals surface area (Å²) in [5.74, 6) is 0.397. The smallest absolute Gasteiger partial charge is 0.319 e. The molecular weight excluding hydrogens is 272 g/mol. The van der Waals surface area contributed by atoms with Gasteiger partial charge in [-0.25, -0.2) is 9.78 Å². The van der Waals surface area contributed by atoms with E-state index in [4.69, 9.17) is 9.47 Å². The SMILES string of the molecule is COc1ncccc1NC(=O)N[C@H](C)CN1CCOCC1. The summed E-state index contributed by atoms with van der Waals surface area (Å²) in [6, 6.07) is 3.28. The minimum absolute atomic E-state index is 0.0470. The van der Waals surface area contributed by atoms with Gasteiger partial charge in [-0.05, 0) is 19.1 Å². The molecule has 2 heterocycles. The molecule has 1 aliphatic rings. The third-order valence-electron chi connectivity index (χ3n) is 3.23. The molecule has 0 radical (unpaired) electrons. The number of rotatable bonds is 5. The number of morpholine rings is 1. The minimum atomic E-state index is -0.262. The van der Waals surface area contributed by atoms with E-state index in [1.54, 1.807) is 18.3 Å². The van der Waals surface area contributed by atoms with Gasteiger partial charge in [0.15, 0.2) is 0 Å². The molecule has 2 N–H and O–H groups in total. The van der Waals surface area contributed by atoms with Crippen LogP contribution in [0.1, 0.15) is 6.92 Å². The molecule has 1 saturated heterocycles. The summed E-state index contributed by atoms with van der Waals surface area (Å²) < 4.78 is 10.4. The number of amides is 2. The summed E-state index contributed by atoms with van der Waals surface area (Å²) in [5.41, 5.74) is 0.552. The van der Waals surface area contributed by atoms with E-state index in [2.05, 4.69) is 20.5 Å². The van der Waals surface area contributed by atoms with E-state index in [1.165, 1.54) is 7.11 Å². The first-order valence-electron chi connectivity index (χ1n) is 7.05. The summed E-state index contributed by atoms with van der Waals surface area (Å²) in [4.78, 5) is 18.3. The van der Waals surface area contributed by atoms with Gasteiger partial charge in [-0.3, -0.25) is 4.90 Å². The highest BCUT2D eigenvalue weighted by Gasteiger charge is 2.15. The quantitative estimate of drug-likeness (QED) is 0.845. The van der Waals surface area contributed by atoms with Crippen LogP contribution in [0.5, 0.6) is 5.88 Å². The summed E-state index contributed by atoms with van der Waals surface area (Å²) in [5, 5.41) is 5.66. The lowest BCUT2D eigenvalue weighted by Crippen LogP contribution is -2.47. The molecule has 21 heavy (non-hydrogen) atoms. The molecule has 1 aromatic heterocycles. The average Bonchev–Trinajstić information content (AvgIpc) is 2.48. The van der Waals surface area contributed by atoms with E-state index in [9.17, 15) is 4.79 Å². The van der Waals surface area contributed by atoms with Crippen molar-refractivity contribution < 1.29 is 14.3 Å². The van der Waals surface area contributed by atoms with E-state index in [-0.39, 0.29) is 12.1 Å². The number of ether oxygens (including phenoxy) is 2. The predicted octanol–water partition coefficient (Wildman–Crippen LogP) is 0.932. The van der Waals surface area contributed by atoms with Crippen LogP contribution in [-0.2, 0) is 4.74 Å². The number of carbonyl (C=O) groups is 1. The van der Waals surface area contributed by atoms with Gasteiger partial charge in [-0.2, -0.15) is 0 Å². The zero-order valence-corrected chi connectivity index (χ0v) is 12.5. The summed E-state index contributed by atoms with van der Waals surface area (Å²) in [6.45, 7) is 6.11. The molecule has 1 aromatic rings. The molecule has 1 atom stereocenters. The monoisotopic (exact) mass is 294 g/mol. The number of hydrogen-bond acceptors (Lipinski definition) is 5. The Morgan fingerprint density at radius 3 is 3.00 bits per heavy atom. The minimum Gasteiger partial charge on any atom is -0.480 e. The van der Waals surface area contributed by atoms with Crippen LogP contribution >= 0.6 is 0 Å². The lowest BCUT2D eigenvalue weighted by Gasteiger charge is -2.29. The zero-order chi connectivity index (χ0) is 15.1. The van der Waals surface area contributed by atoms with Crippen LogP contribution in [0, 0.1) is 0 Å². The van der Waals surface area contributed by atoms with Gasteiger partial charge in [0, 0.05) is 31.9 Å². The van der Waals surface area contributed by atoms with Gasteiger partial charge in [0.05, 0.1) is 20.3 Å². The molecule has 116 valence electrons. The first-order chi connectivity index (χ1) is 10.2. The van der Waals surface area contributed by atoms with Crippen molar-refractivity contribution in [1.82, 2.24) is 15.2 Å². The lowest BCUT2D eigenvalue weighted by atomic mass is 10.3. The van der Waals surface area contributed by atoms with Gasteiger partial charge in [-0.15, -0.1) is 0 Å². The van der Waals surface area contributed by atoms with Gasteiger partial charge in [0.1, 0.15) is 5.69 Å². The van der Waals surface area contributed by atoms with Crippen molar-refractivity contribution in [3.8, 4) is 5.88 Å². The Kier molecular flexibility index (Phi) is 5.77. The molecule has 0 saturated carbocycles. The standard InChI is InChI=1S/C14H22N4O3/c1-11(10-18-6-8-21-9-7-18)16-14(19)17-12-4-3-5-15-13(12)20-2/h3-5,11H,6-10H2,1-2H3,(H2,16,17,19)/t11-/m1/s1. The Balaban J connectivity index is 1.80. The number of anilines is 1. The van der Waals surface area contributed by atoms with Crippen LogP contribution in [0.4, 0.5) is 10.5 Å². The fourth-order valence-electron chi connectivity index (χ4n) is 2.25. The first kappa shape index (κ1) is 15.5. The van der Waals surface area contributed by atoms with Crippen molar-refractivity contribution in [1.29, 1.82) is 0 Å². The normalized spacial score (nSPS) is 17.0. The lowest BCUT2D eigenvalue weighted by molar-refractivity contribution is 0.0350. The number of carbonyl (C=O) groups excluding carboxylic acids is 1. The third kappa shape index (κ3) is 4.87. The molecule has 2 rings (SSSR count). The number of pyridine rings is 1. The predicted molar refractivity (Wildman–Crippen MR) is 79.7 cm³/mol. The van der Waals surface area contributed by atoms with Crippen molar-refractivity contribution >= 4 is 11.7 Å². The van der Waals surface area contributed by atoms with Crippen LogP contribution in [0.25, 0.3) is 0 Å². The van der Waals surface area contributed by atoms with Gasteiger partial charge in [0.25, 0.3) is 0 Å². The van der Waals surface area contributed by atoms with E-state index >= 15 is 0 Å². The second-order valence-corrected chi connectivity index (χ2v) is 4.97. The van der Waals surface area contributed by atoms with Gasteiger partial charge in [-0.1, -0.05) is 0 Å². The molecule has 0 aliphatic carbocycles. The van der Waals surface area contributed by atoms with Crippen molar-refractivity contribution in [3.05, 3.63) is 18.3 Å². The van der Waals surface area contributed by atoms with E-state index in [0.29, 0.717) is 11.6 Å². The second-order valence-electron chi connectivity index (χ2n) is 4.97. The maximum absolute atomic E-state index is 12.0. The number of methoxy groups -OCH3 is 1. The van der Waals surface area contributed by atoms with E-state index in [0.717, 1.165) is 32.8 Å². The number of nitrogens with one attached hydrogen (secondary N) is 2. The third-order valence-corrected chi connectivity index (χ3v) is 3.23. The first-order valence-corrected chi connectivity index (χ1v) is 7.05. The largest absolute Gasteiger partial charge is 0.480 e. The Morgan fingerprint density at radius 1 is 1.52 bits per heavy atom. The van der Waals surface area contributed by atoms with E-state index < -0.39 is 0 Å². The fourth-order valence-corrected chi connectivity index (χ4v) is 2.25. The average molecular weight is 294 g/mol. The number of urea groups is 1. The molecule has 1 aliphatic heterocycles. The van der Waals surface area contributed by atoms with Crippen LogP contribution in [0.3, 0.4) is 0 Å². The molecular formula is C14H22N4O3. The molecule has 0 unspecified atom stereocenters. The molecule has 7 nitrogen and oxygen atoms in total. The van der Waals surface area contributed by atoms with Gasteiger partial charge in [0.2, 0.25) is 5.88 Å². The summed E-state index contributed by atoms with van der Waals surface area (Å²) in [6.07, 6.45) is 1.61. The molecule has 2 amide bonds. The number of nitrogens with zero attached hydrogens (tertiary/aromatic N) is 2. The van der Waals surface area contributed by atoms with Crippen molar-refractivity contribution in [3.63, 3.8) is 0 Å². The molecule has 0 bridgehead atoms.